The number of carbonyl (C=O) groups excluding carboxylic acids is 1. The predicted octanol–water partition coefficient (Wildman–Crippen LogP) is 2.91. The fourth-order valence-electron chi connectivity index (χ4n) is 2.98. The summed E-state index contributed by atoms with van der Waals surface area (Å²) in [5, 5.41) is 7.32. The van der Waals surface area contributed by atoms with Crippen LogP contribution in [0.2, 0.25) is 0 Å². The van der Waals surface area contributed by atoms with E-state index in [-0.39, 0.29) is 5.97 Å². The van der Waals surface area contributed by atoms with Gasteiger partial charge < -0.3 is 4.74 Å². The zero-order valence-electron chi connectivity index (χ0n) is 12.6. The summed E-state index contributed by atoms with van der Waals surface area (Å²) in [4.78, 5) is 17.1. The van der Waals surface area contributed by atoms with Gasteiger partial charge in [-0.25, -0.2) is 4.98 Å². The fourth-order valence-corrected chi connectivity index (χ4v) is 2.98. The van der Waals surface area contributed by atoms with Crippen LogP contribution in [0.3, 0.4) is 0 Å². The van der Waals surface area contributed by atoms with Gasteiger partial charge in [-0.2, -0.15) is 5.10 Å². The van der Waals surface area contributed by atoms with Crippen molar-refractivity contribution in [1.82, 2.24) is 15.2 Å². The van der Waals surface area contributed by atoms with Gasteiger partial charge in [-0.1, -0.05) is 32.6 Å². The molecule has 1 aromatic rings. The minimum atomic E-state index is -0.630. The molecule has 0 amide bonds. The van der Waals surface area contributed by atoms with Gasteiger partial charge in [0.25, 0.3) is 0 Å². The van der Waals surface area contributed by atoms with E-state index >= 15 is 0 Å². The molecule has 0 saturated heterocycles. The molecule has 1 aliphatic carbocycles. The first-order chi connectivity index (χ1) is 9.73. The van der Waals surface area contributed by atoms with Crippen LogP contribution in [-0.2, 0) is 21.4 Å². The van der Waals surface area contributed by atoms with Crippen LogP contribution < -0.4 is 0 Å². The molecule has 1 aliphatic rings. The Morgan fingerprint density at radius 1 is 1.25 bits per heavy atom. The van der Waals surface area contributed by atoms with Gasteiger partial charge in [0.1, 0.15) is 11.2 Å². The molecule has 1 fully saturated rings. The van der Waals surface area contributed by atoms with Crippen molar-refractivity contribution in [1.29, 1.82) is 0 Å². The summed E-state index contributed by atoms with van der Waals surface area (Å²) in [5.41, 5.74) is -0.630. The van der Waals surface area contributed by atoms with Crippen molar-refractivity contribution in [3.63, 3.8) is 0 Å². The normalized spacial score (nSPS) is 18.5. The highest BCUT2D eigenvalue weighted by Crippen LogP contribution is 2.37. The summed E-state index contributed by atoms with van der Waals surface area (Å²) >= 11 is 0. The molecule has 0 atom stereocenters. The van der Waals surface area contributed by atoms with Crippen LogP contribution in [0.1, 0.15) is 70.4 Å². The smallest absolute Gasteiger partial charge is 0.319 e. The first-order valence-corrected chi connectivity index (χ1v) is 7.82. The van der Waals surface area contributed by atoms with Crippen molar-refractivity contribution >= 4 is 5.97 Å². The van der Waals surface area contributed by atoms with Crippen LogP contribution in [0.4, 0.5) is 0 Å². The largest absolute Gasteiger partial charge is 0.465 e. The molecule has 0 spiro atoms. The number of carbonyl (C=O) groups is 1. The topological polar surface area (TPSA) is 67.9 Å². The SMILES string of the molecule is CCCc1nc(C2(C(=O)OCC)CCCCCC2)n[nH]1. The molecule has 1 saturated carbocycles. The molecule has 1 heterocycles. The van der Waals surface area contributed by atoms with Gasteiger partial charge in [0, 0.05) is 6.42 Å². The van der Waals surface area contributed by atoms with Gasteiger partial charge in [0.2, 0.25) is 0 Å². The fraction of sp³-hybridized carbons (Fsp3) is 0.800. The number of aromatic amines is 1. The lowest BCUT2D eigenvalue weighted by molar-refractivity contribution is -0.151. The predicted molar refractivity (Wildman–Crippen MR) is 76.4 cm³/mol. The summed E-state index contributed by atoms with van der Waals surface area (Å²) in [7, 11) is 0. The van der Waals surface area contributed by atoms with Crippen LogP contribution in [0, 0.1) is 0 Å². The summed E-state index contributed by atoms with van der Waals surface area (Å²) in [6, 6.07) is 0. The highest BCUT2D eigenvalue weighted by Gasteiger charge is 2.45. The molecule has 1 N–H and O–H groups in total. The number of esters is 1. The average molecular weight is 279 g/mol. The molecule has 0 aromatic carbocycles. The lowest BCUT2D eigenvalue weighted by atomic mass is 9.79. The molecule has 0 bridgehead atoms. The summed E-state index contributed by atoms with van der Waals surface area (Å²) < 4.78 is 5.33. The van der Waals surface area contributed by atoms with Gasteiger partial charge in [0.15, 0.2) is 5.82 Å². The summed E-state index contributed by atoms with van der Waals surface area (Å²) in [5.74, 6) is 1.36. The molecule has 0 unspecified atom stereocenters. The number of H-pyrrole nitrogens is 1. The Morgan fingerprint density at radius 3 is 2.55 bits per heavy atom. The maximum atomic E-state index is 12.5. The van der Waals surface area contributed by atoms with E-state index in [1.54, 1.807) is 0 Å². The first kappa shape index (κ1) is 15.0. The number of aryl methyl sites for hydroxylation is 1. The molecule has 0 aliphatic heterocycles. The maximum Gasteiger partial charge on any atom is 0.319 e. The lowest BCUT2D eigenvalue weighted by Crippen LogP contribution is -2.38. The van der Waals surface area contributed by atoms with E-state index in [0.29, 0.717) is 12.4 Å². The first-order valence-electron chi connectivity index (χ1n) is 7.82. The van der Waals surface area contributed by atoms with Crippen LogP contribution in [-0.4, -0.2) is 27.8 Å². The molecular formula is C15H25N3O2. The Balaban J connectivity index is 2.30. The second-order valence-electron chi connectivity index (χ2n) is 5.57. The van der Waals surface area contributed by atoms with Crippen LogP contribution in [0.5, 0.6) is 0 Å². The molecule has 2 rings (SSSR count). The monoisotopic (exact) mass is 279 g/mol. The third kappa shape index (κ3) is 3.02. The van der Waals surface area contributed by atoms with Gasteiger partial charge in [-0.3, -0.25) is 9.89 Å². The standard InChI is InChI=1S/C15H25N3O2/c1-3-9-12-16-13(18-17-12)15(14(19)20-4-2)10-7-5-6-8-11-15/h3-11H2,1-2H3,(H,16,17,18). The van der Waals surface area contributed by atoms with E-state index in [1.807, 2.05) is 6.92 Å². The maximum absolute atomic E-state index is 12.5. The minimum Gasteiger partial charge on any atom is -0.465 e. The highest BCUT2D eigenvalue weighted by atomic mass is 16.5. The van der Waals surface area contributed by atoms with Crippen LogP contribution in [0.15, 0.2) is 0 Å². The Morgan fingerprint density at radius 2 is 1.95 bits per heavy atom. The molecule has 112 valence electrons. The van der Waals surface area contributed by atoms with E-state index in [4.69, 9.17) is 4.74 Å². The van der Waals surface area contributed by atoms with E-state index < -0.39 is 5.41 Å². The third-order valence-corrected chi connectivity index (χ3v) is 4.07. The number of nitrogens with zero attached hydrogens (tertiary/aromatic N) is 2. The summed E-state index contributed by atoms with van der Waals surface area (Å²) in [6.07, 6.45) is 7.91. The minimum absolute atomic E-state index is 0.149. The van der Waals surface area contributed by atoms with E-state index in [0.717, 1.165) is 44.3 Å². The second kappa shape index (κ2) is 6.86. The van der Waals surface area contributed by atoms with Crippen LogP contribution >= 0.6 is 0 Å². The van der Waals surface area contributed by atoms with Gasteiger partial charge in [-0.15, -0.1) is 0 Å². The van der Waals surface area contributed by atoms with Crippen molar-refractivity contribution in [3.05, 3.63) is 11.6 Å². The average Bonchev–Trinajstić information content (AvgIpc) is 2.76. The number of ether oxygens (including phenoxy) is 1. The Kier molecular flexibility index (Phi) is 5.15. The summed E-state index contributed by atoms with van der Waals surface area (Å²) in [6.45, 7) is 4.37. The molecule has 5 nitrogen and oxygen atoms in total. The second-order valence-corrected chi connectivity index (χ2v) is 5.57. The van der Waals surface area contributed by atoms with Crippen LogP contribution in [0.25, 0.3) is 0 Å². The van der Waals surface area contributed by atoms with Crippen molar-refractivity contribution in [2.45, 2.75) is 70.6 Å². The third-order valence-electron chi connectivity index (χ3n) is 4.07. The Labute approximate surface area is 120 Å². The lowest BCUT2D eigenvalue weighted by Gasteiger charge is -2.27. The molecular weight excluding hydrogens is 254 g/mol. The van der Waals surface area contributed by atoms with Crippen molar-refractivity contribution in [3.8, 4) is 0 Å². The van der Waals surface area contributed by atoms with E-state index in [9.17, 15) is 4.79 Å². The van der Waals surface area contributed by atoms with Gasteiger partial charge in [-0.05, 0) is 26.2 Å². The van der Waals surface area contributed by atoms with Crippen molar-refractivity contribution < 1.29 is 9.53 Å². The van der Waals surface area contributed by atoms with E-state index in [2.05, 4.69) is 22.1 Å². The van der Waals surface area contributed by atoms with Gasteiger partial charge >= 0.3 is 5.97 Å². The van der Waals surface area contributed by atoms with E-state index in [1.165, 1.54) is 12.8 Å². The number of nitrogens with one attached hydrogen (secondary N) is 1. The van der Waals surface area contributed by atoms with Gasteiger partial charge in [0.05, 0.1) is 6.61 Å². The number of hydrogen-bond acceptors (Lipinski definition) is 4. The highest BCUT2D eigenvalue weighted by molar-refractivity contribution is 5.82. The van der Waals surface area contributed by atoms with Crippen molar-refractivity contribution in [2.75, 3.05) is 6.61 Å². The zero-order chi connectivity index (χ0) is 14.4. The molecule has 1 aromatic heterocycles. The van der Waals surface area contributed by atoms with Crippen molar-refractivity contribution in [2.24, 2.45) is 0 Å². The Hall–Kier alpha value is -1.39. The number of hydrogen-bond donors (Lipinski definition) is 1. The number of aromatic nitrogens is 3. The Bertz CT molecular complexity index is 434. The zero-order valence-corrected chi connectivity index (χ0v) is 12.6. The quantitative estimate of drug-likeness (QED) is 0.664. The number of rotatable bonds is 5. The molecule has 20 heavy (non-hydrogen) atoms. The molecule has 0 radical (unpaired) electrons. The molecule has 5 heteroatoms.